The number of aryl methyl sites for hydroxylation is 1. The Bertz CT molecular complexity index is 1520. The maximum atomic E-state index is 13.9. The van der Waals surface area contributed by atoms with Gasteiger partial charge in [0.1, 0.15) is 29.1 Å². The Balaban J connectivity index is 0.00000121. The van der Waals surface area contributed by atoms with E-state index in [9.17, 15) is 14.4 Å². The highest BCUT2D eigenvalue weighted by Crippen LogP contribution is 2.35. The third-order valence-corrected chi connectivity index (χ3v) is 7.84. The summed E-state index contributed by atoms with van der Waals surface area (Å²) in [6.07, 6.45) is 11.2. The Morgan fingerprint density at radius 3 is 2.42 bits per heavy atom. The quantitative estimate of drug-likeness (QED) is 0.215. The van der Waals surface area contributed by atoms with Gasteiger partial charge in [-0.15, -0.1) is 12.8 Å². The van der Waals surface area contributed by atoms with Gasteiger partial charge in [0.15, 0.2) is 5.82 Å². The number of hydrogen-bond acceptors (Lipinski definition) is 8. The summed E-state index contributed by atoms with van der Waals surface area (Å²) in [5, 5.41) is 9.46. The Labute approximate surface area is 254 Å². The van der Waals surface area contributed by atoms with Crippen LogP contribution in [0.1, 0.15) is 64.3 Å². The van der Waals surface area contributed by atoms with E-state index in [2.05, 4.69) is 52.5 Å². The van der Waals surface area contributed by atoms with Gasteiger partial charge >= 0.3 is 5.69 Å². The monoisotopic (exact) mass is 587 g/mol. The molecule has 10 heteroatoms. The van der Waals surface area contributed by atoms with Crippen molar-refractivity contribution in [3.63, 3.8) is 0 Å². The van der Waals surface area contributed by atoms with E-state index in [1.807, 2.05) is 13.8 Å². The van der Waals surface area contributed by atoms with Crippen LogP contribution in [-0.4, -0.2) is 64.2 Å². The Kier molecular flexibility index (Phi) is 11.8. The lowest BCUT2D eigenvalue weighted by atomic mass is 9.97. The molecule has 3 atom stereocenters. The molecule has 3 aromatic rings. The largest absolute Gasteiger partial charge is 0.483 e. The van der Waals surface area contributed by atoms with Crippen LogP contribution in [0.4, 0.5) is 10.2 Å². The number of piperazine rings is 1. The lowest BCUT2D eigenvalue weighted by Gasteiger charge is -2.48. The fraction of sp³-hybridized carbons (Fsp3) is 0.485. The maximum absolute atomic E-state index is 13.9. The molecule has 1 saturated carbocycles. The van der Waals surface area contributed by atoms with Gasteiger partial charge in [-0.2, -0.15) is 10.2 Å². The third-order valence-electron chi connectivity index (χ3n) is 7.84. The van der Waals surface area contributed by atoms with Crippen LogP contribution in [0.15, 0.2) is 46.2 Å². The number of pyridine rings is 1. The molecule has 2 aromatic heterocycles. The number of anilines is 1. The highest BCUT2D eigenvalue weighted by atomic mass is 19.1. The van der Waals surface area contributed by atoms with Crippen LogP contribution in [0.3, 0.4) is 0 Å². The number of fused-ring (bicyclic) bond motifs is 1. The molecule has 0 spiro atoms. The molecule has 9 nitrogen and oxygen atoms in total. The second kappa shape index (κ2) is 15.3. The summed E-state index contributed by atoms with van der Waals surface area (Å²) in [5.74, 6) is 1.44. The predicted molar refractivity (Wildman–Crippen MR) is 170 cm³/mol. The minimum atomic E-state index is -0.371. The molecule has 0 amide bonds. The van der Waals surface area contributed by atoms with Gasteiger partial charge in [-0.25, -0.2) is 14.2 Å². The van der Waals surface area contributed by atoms with Gasteiger partial charge in [0, 0.05) is 38.8 Å². The zero-order chi connectivity index (χ0) is 31.7. The standard InChI is InChI=1S/C29H34FN7O2.C2H6.C2H2/c1-5-23-17-36(27-25-24(35(3)29(38)34-27)13-12-22(14-31)33-25)18(2)16-37(23)26(20-8-10-21(30)11-9-20)28(39-4)32-15-19-6-7-19;2*1-2/h8-13,18-19,23,26H,5-7,15-17H2,1-4H3;1-2H3;1-2H/t18?,23-,26?;;/m1../s1. The Hall–Kier alpha value is -4.28. The van der Waals surface area contributed by atoms with Crippen LogP contribution in [-0.2, 0) is 11.8 Å². The van der Waals surface area contributed by atoms with E-state index in [1.165, 1.54) is 29.5 Å². The van der Waals surface area contributed by atoms with Crippen LogP contribution in [0, 0.1) is 35.9 Å². The first kappa shape index (κ1) is 33.2. The highest BCUT2D eigenvalue weighted by Gasteiger charge is 2.39. The van der Waals surface area contributed by atoms with Crippen molar-refractivity contribution < 1.29 is 9.13 Å². The number of nitriles is 1. The van der Waals surface area contributed by atoms with Crippen LogP contribution >= 0.6 is 0 Å². The van der Waals surface area contributed by atoms with Gasteiger partial charge in [-0.1, -0.05) is 32.9 Å². The van der Waals surface area contributed by atoms with E-state index >= 15 is 0 Å². The molecule has 228 valence electrons. The number of aliphatic imine (C=N–C) groups is 1. The second-order valence-electron chi connectivity index (χ2n) is 10.5. The number of ether oxygens (including phenoxy) is 1. The van der Waals surface area contributed by atoms with Crippen LogP contribution in [0.2, 0.25) is 0 Å². The van der Waals surface area contributed by atoms with Crippen LogP contribution in [0.5, 0.6) is 0 Å². The summed E-state index contributed by atoms with van der Waals surface area (Å²) in [6.45, 7) is 10.2. The Morgan fingerprint density at radius 2 is 1.84 bits per heavy atom. The molecular formula is C33H42FN7O2. The molecule has 2 fully saturated rings. The van der Waals surface area contributed by atoms with Gasteiger partial charge < -0.3 is 9.64 Å². The lowest BCUT2D eigenvalue weighted by molar-refractivity contribution is 0.115. The summed E-state index contributed by atoms with van der Waals surface area (Å²) in [4.78, 5) is 31.1. The van der Waals surface area contributed by atoms with Gasteiger partial charge in [-0.05, 0) is 61.9 Å². The third kappa shape index (κ3) is 7.39. The normalized spacial score (nSPS) is 19.3. The first-order valence-electron chi connectivity index (χ1n) is 14.8. The van der Waals surface area contributed by atoms with Crippen molar-refractivity contribution in [3.05, 3.63) is 64.0 Å². The average Bonchev–Trinajstić information content (AvgIpc) is 3.88. The topological polar surface area (TPSA) is 99.6 Å². The van der Waals surface area contributed by atoms with E-state index in [0.29, 0.717) is 41.8 Å². The first-order chi connectivity index (χ1) is 20.8. The second-order valence-corrected chi connectivity index (χ2v) is 10.5. The lowest BCUT2D eigenvalue weighted by Crippen LogP contribution is -2.59. The number of methoxy groups -OCH3 is 1. The maximum Gasteiger partial charge on any atom is 0.349 e. The number of rotatable bonds is 7. The van der Waals surface area contributed by atoms with E-state index in [-0.39, 0.29) is 35.3 Å². The molecule has 1 saturated heterocycles. The van der Waals surface area contributed by atoms with Crippen LogP contribution in [0.25, 0.3) is 11.0 Å². The minimum absolute atomic E-state index is 0.0485. The van der Waals surface area contributed by atoms with Crippen molar-refractivity contribution in [2.24, 2.45) is 18.0 Å². The van der Waals surface area contributed by atoms with Crippen molar-refractivity contribution >= 4 is 22.7 Å². The molecule has 2 aliphatic rings. The smallest absolute Gasteiger partial charge is 0.349 e. The molecule has 0 radical (unpaired) electrons. The summed E-state index contributed by atoms with van der Waals surface area (Å²) in [7, 11) is 3.31. The SMILES string of the molecule is C#C.CC.CC[C@@H]1CN(c2nc(=O)n(C)c3ccc(C#N)nc23)C(C)CN1C(C(=NCC1CC1)OC)c1ccc(F)cc1. The summed E-state index contributed by atoms with van der Waals surface area (Å²) >= 11 is 0. The van der Waals surface area contributed by atoms with Crippen molar-refractivity contribution in [1.29, 1.82) is 5.26 Å². The number of hydrogen-bond donors (Lipinski definition) is 0. The number of aromatic nitrogens is 3. The van der Waals surface area contributed by atoms with Gasteiger partial charge in [-0.3, -0.25) is 14.5 Å². The predicted octanol–water partition coefficient (Wildman–Crippen LogP) is 5.10. The molecule has 3 heterocycles. The summed E-state index contributed by atoms with van der Waals surface area (Å²) in [5.41, 5.74) is 1.99. The molecule has 0 N–H and O–H groups in total. The van der Waals surface area contributed by atoms with E-state index < -0.39 is 0 Å². The molecule has 1 aliphatic carbocycles. The van der Waals surface area contributed by atoms with Gasteiger partial charge in [0.05, 0.1) is 12.6 Å². The van der Waals surface area contributed by atoms with E-state index in [1.54, 1.807) is 38.4 Å². The molecule has 1 aromatic carbocycles. The average molecular weight is 588 g/mol. The van der Waals surface area contributed by atoms with Crippen molar-refractivity contribution in [1.82, 2.24) is 19.4 Å². The molecular weight excluding hydrogens is 545 g/mol. The number of terminal acetylenes is 1. The van der Waals surface area contributed by atoms with E-state index in [4.69, 9.17) is 9.73 Å². The van der Waals surface area contributed by atoms with Crippen molar-refractivity contribution in [3.8, 4) is 18.9 Å². The number of halogens is 1. The number of benzene rings is 1. The highest BCUT2D eigenvalue weighted by molar-refractivity contribution is 5.87. The summed E-state index contributed by atoms with van der Waals surface area (Å²) < 4.78 is 21.2. The zero-order valence-corrected chi connectivity index (χ0v) is 26.0. The van der Waals surface area contributed by atoms with Gasteiger partial charge in [0.25, 0.3) is 0 Å². The van der Waals surface area contributed by atoms with Crippen LogP contribution < -0.4 is 10.6 Å². The number of nitrogens with zero attached hydrogens (tertiary/aromatic N) is 7. The molecule has 0 bridgehead atoms. The summed E-state index contributed by atoms with van der Waals surface area (Å²) in [6, 6.07) is 11.7. The van der Waals surface area contributed by atoms with E-state index in [0.717, 1.165) is 18.5 Å². The molecule has 5 rings (SSSR count). The van der Waals surface area contributed by atoms with Crippen molar-refractivity contribution in [2.45, 2.75) is 65.1 Å². The molecule has 43 heavy (non-hydrogen) atoms. The van der Waals surface area contributed by atoms with Gasteiger partial charge in [0.2, 0.25) is 5.90 Å². The molecule has 2 unspecified atom stereocenters. The Morgan fingerprint density at radius 1 is 1.16 bits per heavy atom. The first-order valence-corrected chi connectivity index (χ1v) is 14.8. The minimum Gasteiger partial charge on any atom is -0.483 e. The molecule has 1 aliphatic heterocycles. The van der Waals surface area contributed by atoms with Crippen molar-refractivity contribution in [2.75, 3.05) is 31.6 Å². The fourth-order valence-corrected chi connectivity index (χ4v) is 5.41. The fourth-order valence-electron chi connectivity index (χ4n) is 5.41. The zero-order valence-electron chi connectivity index (χ0n) is 26.0.